The molecular weight excluding hydrogens is 260 g/mol. The minimum absolute atomic E-state index is 0.399. The van der Waals surface area contributed by atoms with Crippen LogP contribution in [0.2, 0.25) is 0 Å². The molecule has 1 saturated carbocycles. The van der Waals surface area contributed by atoms with E-state index in [1.165, 1.54) is 44.2 Å². The molecule has 1 aromatic carbocycles. The van der Waals surface area contributed by atoms with Gasteiger partial charge in [0.15, 0.2) is 0 Å². The normalized spacial score (nSPS) is 35.9. The molecule has 1 aromatic rings. The lowest BCUT2D eigenvalue weighted by atomic mass is 9.84. The summed E-state index contributed by atoms with van der Waals surface area (Å²) >= 11 is 0. The first-order valence-electron chi connectivity index (χ1n) is 8.53. The lowest BCUT2D eigenvalue weighted by molar-refractivity contribution is 0.0591. The van der Waals surface area contributed by atoms with Gasteiger partial charge in [-0.1, -0.05) is 31.0 Å². The zero-order valence-corrected chi connectivity index (χ0v) is 12.9. The lowest BCUT2D eigenvalue weighted by Gasteiger charge is -2.43. The first-order chi connectivity index (χ1) is 10.4. The Labute approximate surface area is 127 Å². The number of nitrogens with one attached hydrogen (secondary N) is 1. The quantitative estimate of drug-likeness (QED) is 0.904. The van der Waals surface area contributed by atoms with Crippen molar-refractivity contribution in [1.82, 2.24) is 10.2 Å². The van der Waals surface area contributed by atoms with E-state index in [0.717, 1.165) is 24.3 Å². The fourth-order valence-corrected chi connectivity index (χ4v) is 4.84. The van der Waals surface area contributed by atoms with Crippen molar-refractivity contribution in [3.63, 3.8) is 0 Å². The molecule has 0 aromatic heterocycles. The molecule has 1 saturated heterocycles. The highest BCUT2D eigenvalue weighted by Crippen LogP contribution is 2.41. The molecule has 4 unspecified atom stereocenters. The molecule has 3 aliphatic rings. The van der Waals surface area contributed by atoms with Crippen molar-refractivity contribution in [2.24, 2.45) is 5.92 Å². The number of benzene rings is 1. The Bertz CT molecular complexity index is 504. The summed E-state index contributed by atoms with van der Waals surface area (Å²) in [5, 5.41) is 3.56. The average Bonchev–Trinajstić information content (AvgIpc) is 2.97. The average molecular weight is 286 g/mol. The number of nitrogens with zero attached hydrogens (tertiary/aromatic N) is 1. The van der Waals surface area contributed by atoms with E-state index in [9.17, 15) is 0 Å². The highest BCUT2D eigenvalue weighted by Gasteiger charge is 2.43. The van der Waals surface area contributed by atoms with Crippen LogP contribution in [0.1, 0.15) is 43.7 Å². The second-order valence-electron chi connectivity index (χ2n) is 6.82. The van der Waals surface area contributed by atoms with Crippen molar-refractivity contribution in [3.8, 4) is 5.75 Å². The predicted octanol–water partition coefficient (Wildman–Crippen LogP) is 2.97. The molecule has 0 bridgehead atoms. The third kappa shape index (κ3) is 2.27. The van der Waals surface area contributed by atoms with Crippen LogP contribution in [-0.4, -0.2) is 37.2 Å². The van der Waals surface area contributed by atoms with Crippen molar-refractivity contribution in [2.75, 3.05) is 20.2 Å². The molecule has 4 atom stereocenters. The van der Waals surface area contributed by atoms with Gasteiger partial charge in [-0.15, -0.1) is 0 Å². The molecular formula is C18H26N2O. The third-order valence-corrected chi connectivity index (χ3v) is 5.84. The Hall–Kier alpha value is -1.06. The molecule has 3 heteroatoms. The molecule has 2 heterocycles. The van der Waals surface area contributed by atoms with E-state index in [1.54, 1.807) is 0 Å². The summed E-state index contributed by atoms with van der Waals surface area (Å²) in [6.45, 7) is 2.08. The van der Waals surface area contributed by atoms with E-state index >= 15 is 0 Å². The van der Waals surface area contributed by atoms with E-state index in [2.05, 4.69) is 41.5 Å². The van der Waals surface area contributed by atoms with E-state index in [0.29, 0.717) is 12.1 Å². The standard InChI is InChI=1S/C18H26N2O/c1-19-18-14-7-3-5-9-17(14)21-12-16(18)20-11-10-13-6-2-4-8-15(13)20/h3,5,7,9,13,15-16,18-19H,2,4,6,8,10-12H2,1H3. The van der Waals surface area contributed by atoms with E-state index in [-0.39, 0.29) is 0 Å². The first-order valence-corrected chi connectivity index (χ1v) is 8.53. The van der Waals surface area contributed by atoms with Gasteiger partial charge < -0.3 is 10.1 Å². The van der Waals surface area contributed by atoms with E-state index in [4.69, 9.17) is 4.74 Å². The summed E-state index contributed by atoms with van der Waals surface area (Å²) in [5.41, 5.74) is 1.33. The molecule has 4 rings (SSSR count). The number of likely N-dealkylation sites (N-methyl/N-ethyl adjacent to an activating group) is 1. The van der Waals surface area contributed by atoms with Crippen molar-refractivity contribution >= 4 is 0 Å². The van der Waals surface area contributed by atoms with Gasteiger partial charge in [-0.05, 0) is 44.8 Å². The van der Waals surface area contributed by atoms with Crippen LogP contribution in [0.3, 0.4) is 0 Å². The van der Waals surface area contributed by atoms with Gasteiger partial charge in [-0.25, -0.2) is 0 Å². The Morgan fingerprint density at radius 1 is 1.10 bits per heavy atom. The van der Waals surface area contributed by atoms with Gasteiger partial charge in [0.2, 0.25) is 0 Å². The summed E-state index contributed by atoms with van der Waals surface area (Å²) in [4.78, 5) is 2.76. The van der Waals surface area contributed by atoms with E-state index < -0.39 is 0 Å². The largest absolute Gasteiger partial charge is 0.492 e. The molecule has 2 fully saturated rings. The maximum atomic E-state index is 6.08. The van der Waals surface area contributed by atoms with Gasteiger partial charge in [-0.2, -0.15) is 0 Å². The Balaban J connectivity index is 1.60. The minimum atomic E-state index is 0.399. The van der Waals surface area contributed by atoms with Crippen molar-refractivity contribution in [2.45, 2.75) is 50.2 Å². The maximum absolute atomic E-state index is 6.08. The molecule has 2 aliphatic heterocycles. The van der Waals surface area contributed by atoms with E-state index in [1.807, 2.05) is 0 Å². The minimum Gasteiger partial charge on any atom is -0.492 e. The van der Waals surface area contributed by atoms with Crippen LogP contribution in [0, 0.1) is 5.92 Å². The van der Waals surface area contributed by atoms with Crippen molar-refractivity contribution in [1.29, 1.82) is 0 Å². The highest BCUT2D eigenvalue weighted by molar-refractivity contribution is 5.39. The Morgan fingerprint density at radius 2 is 1.95 bits per heavy atom. The monoisotopic (exact) mass is 286 g/mol. The highest BCUT2D eigenvalue weighted by atomic mass is 16.5. The molecule has 0 spiro atoms. The second kappa shape index (κ2) is 5.62. The number of para-hydroxylation sites is 1. The van der Waals surface area contributed by atoms with Crippen LogP contribution in [0.25, 0.3) is 0 Å². The first kappa shape index (κ1) is 13.6. The number of hydrogen-bond donors (Lipinski definition) is 1. The summed E-state index contributed by atoms with van der Waals surface area (Å²) in [6, 6.07) is 10.2. The maximum Gasteiger partial charge on any atom is 0.124 e. The Kier molecular flexibility index (Phi) is 3.64. The molecule has 0 radical (unpaired) electrons. The number of hydrogen-bond acceptors (Lipinski definition) is 3. The summed E-state index contributed by atoms with van der Waals surface area (Å²) < 4.78 is 6.08. The van der Waals surface area contributed by atoms with Gasteiger partial charge in [-0.3, -0.25) is 4.90 Å². The van der Waals surface area contributed by atoms with Gasteiger partial charge in [0.05, 0.1) is 12.1 Å². The van der Waals surface area contributed by atoms with Crippen LogP contribution < -0.4 is 10.1 Å². The van der Waals surface area contributed by atoms with Crippen molar-refractivity contribution < 1.29 is 4.74 Å². The van der Waals surface area contributed by atoms with Gasteiger partial charge in [0.25, 0.3) is 0 Å². The van der Waals surface area contributed by atoms with Gasteiger partial charge >= 0.3 is 0 Å². The molecule has 1 aliphatic carbocycles. The smallest absolute Gasteiger partial charge is 0.124 e. The summed E-state index contributed by atoms with van der Waals surface area (Å²) in [5.74, 6) is 2.00. The number of fused-ring (bicyclic) bond motifs is 2. The zero-order valence-electron chi connectivity index (χ0n) is 12.9. The van der Waals surface area contributed by atoms with Crippen LogP contribution in [0.4, 0.5) is 0 Å². The van der Waals surface area contributed by atoms with Crippen LogP contribution in [-0.2, 0) is 0 Å². The van der Waals surface area contributed by atoms with Gasteiger partial charge in [0.1, 0.15) is 12.4 Å². The number of ether oxygens (including phenoxy) is 1. The molecule has 21 heavy (non-hydrogen) atoms. The second-order valence-corrected chi connectivity index (χ2v) is 6.82. The van der Waals surface area contributed by atoms with Crippen molar-refractivity contribution in [3.05, 3.63) is 29.8 Å². The van der Waals surface area contributed by atoms with Crippen LogP contribution in [0.5, 0.6) is 5.75 Å². The fraction of sp³-hybridized carbons (Fsp3) is 0.667. The van der Waals surface area contributed by atoms with Crippen LogP contribution in [0.15, 0.2) is 24.3 Å². The molecule has 1 N–H and O–H groups in total. The fourth-order valence-electron chi connectivity index (χ4n) is 4.84. The SMILES string of the molecule is CNC1c2ccccc2OCC1N1CCC2CCCCC21. The topological polar surface area (TPSA) is 24.5 Å². The molecule has 3 nitrogen and oxygen atoms in total. The number of likely N-dealkylation sites (tertiary alicyclic amines) is 1. The molecule has 0 amide bonds. The van der Waals surface area contributed by atoms with Gasteiger partial charge in [0, 0.05) is 11.6 Å². The zero-order chi connectivity index (χ0) is 14.2. The summed E-state index contributed by atoms with van der Waals surface area (Å²) in [7, 11) is 2.09. The van der Waals surface area contributed by atoms with Crippen LogP contribution >= 0.6 is 0 Å². The Morgan fingerprint density at radius 3 is 2.86 bits per heavy atom. The third-order valence-electron chi connectivity index (χ3n) is 5.84. The predicted molar refractivity (Wildman–Crippen MR) is 84.6 cm³/mol. The number of rotatable bonds is 2. The summed E-state index contributed by atoms with van der Waals surface area (Å²) in [6.07, 6.45) is 7.06. The lowest BCUT2D eigenvalue weighted by Crippen LogP contribution is -2.52. The molecule has 114 valence electrons.